The zero-order valence-corrected chi connectivity index (χ0v) is 6.71. The average molecular weight is 152 g/mol. The molecule has 0 bridgehead atoms. The highest BCUT2D eigenvalue weighted by Gasteiger charge is 2.26. The van der Waals surface area contributed by atoms with E-state index in [0.29, 0.717) is 0 Å². The zero-order chi connectivity index (χ0) is 8.27. The Morgan fingerprint density at radius 2 is 2.09 bits per heavy atom. The monoisotopic (exact) mass is 152 g/mol. The van der Waals surface area contributed by atoms with E-state index in [1.807, 2.05) is 0 Å². The average Bonchev–Trinajstić information content (AvgIpc) is 2.53. The molecule has 0 radical (unpaired) electrons. The molecule has 0 aromatic carbocycles. The summed E-state index contributed by atoms with van der Waals surface area (Å²) in [5.41, 5.74) is 0. The number of carbonyl (C=O) groups is 1. The molecule has 11 heavy (non-hydrogen) atoms. The molecular weight excluding hydrogens is 140 g/mol. The Morgan fingerprint density at radius 1 is 1.55 bits per heavy atom. The van der Waals surface area contributed by atoms with Gasteiger partial charge in [0.1, 0.15) is 0 Å². The van der Waals surface area contributed by atoms with E-state index < -0.39 is 6.04 Å². The molecule has 1 atom stereocenters. The lowest BCUT2D eigenvalue weighted by molar-refractivity contribution is -0.130. The Kier molecular flexibility index (Phi) is 2.48. The van der Waals surface area contributed by atoms with Crippen LogP contribution >= 0.6 is 0 Å². The van der Waals surface area contributed by atoms with Gasteiger partial charge in [-0.15, -0.1) is 0 Å². The molecule has 1 heterocycles. The van der Waals surface area contributed by atoms with Crippen LogP contribution in [0.25, 0.3) is 4.85 Å². The minimum absolute atomic E-state index is 0.00231. The van der Waals surface area contributed by atoms with Crippen LogP contribution in [0.15, 0.2) is 0 Å². The molecule has 1 rings (SSSR count). The number of amides is 1. The molecule has 1 saturated heterocycles. The lowest BCUT2D eigenvalue weighted by atomic mass is 10.3. The van der Waals surface area contributed by atoms with E-state index in [1.54, 1.807) is 11.8 Å². The number of rotatable bonds is 1. The lowest BCUT2D eigenvalue weighted by Gasteiger charge is -2.13. The van der Waals surface area contributed by atoms with Gasteiger partial charge >= 0.3 is 5.91 Å². The summed E-state index contributed by atoms with van der Waals surface area (Å²) < 4.78 is 0. The predicted octanol–water partition coefficient (Wildman–Crippen LogP) is 0.917. The molecule has 0 aliphatic carbocycles. The van der Waals surface area contributed by atoms with E-state index in [-0.39, 0.29) is 5.91 Å². The third-order valence-corrected chi connectivity index (χ3v) is 1.97. The smallest absolute Gasteiger partial charge is 0.305 e. The molecule has 3 heteroatoms. The van der Waals surface area contributed by atoms with Crippen LogP contribution in [0.5, 0.6) is 0 Å². The van der Waals surface area contributed by atoms with Gasteiger partial charge in [-0.3, -0.25) is 4.79 Å². The number of carbonyl (C=O) groups excluding carboxylic acids is 1. The second kappa shape index (κ2) is 3.38. The number of likely N-dealkylation sites (tertiary alicyclic amines) is 1. The first-order chi connectivity index (χ1) is 5.25. The molecule has 1 aliphatic heterocycles. The summed E-state index contributed by atoms with van der Waals surface area (Å²) in [6.07, 6.45) is 2.19. The van der Waals surface area contributed by atoms with Crippen molar-refractivity contribution in [3.63, 3.8) is 0 Å². The van der Waals surface area contributed by atoms with Gasteiger partial charge in [0.25, 0.3) is 6.04 Å². The zero-order valence-electron chi connectivity index (χ0n) is 6.71. The Balaban J connectivity index is 2.47. The van der Waals surface area contributed by atoms with Crippen molar-refractivity contribution in [1.82, 2.24) is 4.90 Å². The summed E-state index contributed by atoms with van der Waals surface area (Å²) in [4.78, 5) is 16.3. The fourth-order valence-electron chi connectivity index (χ4n) is 1.26. The fraction of sp³-hybridized carbons (Fsp3) is 0.750. The fourth-order valence-corrected chi connectivity index (χ4v) is 1.26. The van der Waals surface area contributed by atoms with Crippen LogP contribution in [-0.4, -0.2) is 29.9 Å². The van der Waals surface area contributed by atoms with Gasteiger partial charge in [-0.1, -0.05) is 0 Å². The van der Waals surface area contributed by atoms with Crippen molar-refractivity contribution in [1.29, 1.82) is 0 Å². The van der Waals surface area contributed by atoms with Crippen LogP contribution in [0.2, 0.25) is 0 Å². The number of nitrogens with zero attached hydrogens (tertiary/aromatic N) is 2. The van der Waals surface area contributed by atoms with E-state index in [2.05, 4.69) is 4.85 Å². The highest BCUT2D eigenvalue weighted by molar-refractivity contribution is 5.83. The van der Waals surface area contributed by atoms with E-state index in [0.717, 1.165) is 25.9 Å². The van der Waals surface area contributed by atoms with Crippen molar-refractivity contribution < 1.29 is 4.79 Å². The van der Waals surface area contributed by atoms with Crippen LogP contribution in [0.1, 0.15) is 19.8 Å². The molecule has 1 amide bonds. The SMILES string of the molecule is [C-]#[N+]C(C)C(=O)N1CCCC1. The lowest BCUT2D eigenvalue weighted by Crippen LogP contribution is -2.33. The molecule has 0 spiro atoms. The minimum Gasteiger partial charge on any atom is -0.336 e. The molecule has 1 unspecified atom stereocenters. The van der Waals surface area contributed by atoms with Gasteiger partial charge < -0.3 is 9.74 Å². The van der Waals surface area contributed by atoms with Gasteiger partial charge in [-0.25, -0.2) is 6.57 Å². The predicted molar refractivity (Wildman–Crippen MR) is 41.9 cm³/mol. The Morgan fingerprint density at radius 3 is 2.55 bits per heavy atom. The molecule has 1 fully saturated rings. The summed E-state index contributed by atoms with van der Waals surface area (Å²) in [5, 5.41) is 0. The molecule has 0 aromatic rings. The summed E-state index contributed by atoms with van der Waals surface area (Å²) in [6, 6.07) is -0.479. The second-order valence-corrected chi connectivity index (χ2v) is 2.84. The van der Waals surface area contributed by atoms with Crippen molar-refractivity contribution in [2.75, 3.05) is 13.1 Å². The van der Waals surface area contributed by atoms with Crippen molar-refractivity contribution in [3.05, 3.63) is 11.4 Å². The number of hydrogen-bond acceptors (Lipinski definition) is 1. The topological polar surface area (TPSA) is 24.7 Å². The van der Waals surface area contributed by atoms with Crippen molar-refractivity contribution in [3.8, 4) is 0 Å². The van der Waals surface area contributed by atoms with Crippen molar-refractivity contribution in [2.45, 2.75) is 25.8 Å². The molecule has 3 nitrogen and oxygen atoms in total. The molecule has 0 aromatic heterocycles. The highest BCUT2D eigenvalue weighted by Crippen LogP contribution is 2.09. The molecule has 0 N–H and O–H groups in total. The maximum atomic E-state index is 11.3. The molecule has 0 saturated carbocycles. The van der Waals surface area contributed by atoms with Gasteiger partial charge in [0.15, 0.2) is 0 Å². The Hall–Kier alpha value is -1.04. The largest absolute Gasteiger partial charge is 0.336 e. The van der Waals surface area contributed by atoms with E-state index >= 15 is 0 Å². The quantitative estimate of drug-likeness (QED) is 0.513. The number of hydrogen-bond donors (Lipinski definition) is 0. The van der Waals surface area contributed by atoms with Gasteiger partial charge in [0.05, 0.1) is 0 Å². The Bertz CT molecular complexity index is 189. The third kappa shape index (κ3) is 1.70. The van der Waals surface area contributed by atoms with Gasteiger partial charge in [0, 0.05) is 20.0 Å². The van der Waals surface area contributed by atoms with E-state index in [4.69, 9.17) is 6.57 Å². The van der Waals surface area contributed by atoms with E-state index in [1.165, 1.54) is 0 Å². The molecule has 1 aliphatic rings. The van der Waals surface area contributed by atoms with Gasteiger partial charge in [-0.2, -0.15) is 0 Å². The first kappa shape index (κ1) is 8.06. The maximum absolute atomic E-state index is 11.3. The van der Waals surface area contributed by atoms with Crippen LogP contribution in [0.4, 0.5) is 0 Å². The summed E-state index contributed by atoms with van der Waals surface area (Å²) in [7, 11) is 0. The molecular formula is C8H12N2O. The van der Waals surface area contributed by atoms with Crippen LogP contribution in [0.3, 0.4) is 0 Å². The highest BCUT2D eigenvalue weighted by atomic mass is 16.2. The Labute approximate surface area is 66.8 Å². The van der Waals surface area contributed by atoms with Gasteiger partial charge in [0.2, 0.25) is 0 Å². The first-order valence-electron chi connectivity index (χ1n) is 3.91. The second-order valence-electron chi connectivity index (χ2n) is 2.84. The van der Waals surface area contributed by atoms with E-state index in [9.17, 15) is 4.79 Å². The van der Waals surface area contributed by atoms with Crippen molar-refractivity contribution >= 4 is 5.91 Å². The summed E-state index contributed by atoms with van der Waals surface area (Å²) >= 11 is 0. The standard InChI is InChI=1S/C8H12N2O/c1-7(9-2)8(11)10-5-3-4-6-10/h7H,3-6H2,1H3. The van der Waals surface area contributed by atoms with Crippen LogP contribution in [0, 0.1) is 6.57 Å². The van der Waals surface area contributed by atoms with Crippen molar-refractivity contribution in [2.24, 2.45) is 0 Å². The minimum atomic E-state index is -0.479. The van der Waals surface area contributed by atoms with Gasteiger partial charge in [-0.05, 0) is 12.8 Å². The first-order valence-corrected chi connectivity index (χ1v) is 3.91. The summed E-state index contributed by atoms with van der Waals surface area (Å²) in [6.45, 7) is 10.0. The normalized spacial score (nSPS) is 19.5. The maximum Gasteiger partial charge on any atom is 0.305 e. The van der Waals surface area contributed by atoms with Crippen LogP contribution in [-0.2, 0) is 4.79 Å². The molecule has 60 valence electrons. The van der Waals surface area contributed by atoms with Crippen LogP contribution < -0.4 is 0 Å². The third-order valence-electron chi connectivity index (χ3n) is 1.97. The summed E-state index contributed by atoms with van der Waals surface area (Å²) in [5.74, 6) is -0.00231.